The average Bonchev–Trinajstić information content (AvgIpc) is 3.31. The van der Waals surface area contributed by atoms with Gasteiger partial charge in [-0.1, -0.05) is 43.2 Å². The first kappa shape index (κ1) is 21.9. The van der Waals surface area contributed by atoms with Gasteiger partial charge in [0.25, 0.3) is 0 Å². The molecule has 1 aliphatic carbocycles. The molecule has 2 aromatic carbocycles. The number of sulfone groups is 1. The van der Waals surface area contributed by atoms with Crippen LogP contribution in [0.5, 0.6) is 0 Å². The standard InChI is InChI=1S/C24H28N2O4S/c27-19(11-10-18-6-2-1-3-7-18)16-24(30-20-8-4-5-9-20)31(28,29)21-12-13-22-23(17-21)26-15-14-25-22/h1-3,6-7,12-15,17,19-20,24,27H,4-5,8-11,16H2. The van der Waals surface area contributed by atoms with Crippen LogP contribution in [0.1, 0.15) is 44.1 Å². The van der Waals surface area contributed by atoms with Crippen LogP contribution in [0.2, 0.25) is 0 Å². The van der Waals surface area contributed by atoms with E-state index < -0.39 is 21.4 Å². The molecule has 1 heterocycles. The lowest BCUT2D eigenvalue weighted by Gasteiger charge is -2.24. The van der Waals surface area contributed by atoms with Gasteiger partial charge in [-0.05, 0) is 49.4 Å². The van der Waals surface area contributed by atoms with Crippen molar-refractivity contribution in [2.75, 3.05) is 0 Å². The van der Waals surface area contributed by atoms with Gasteiger partial charge in [0.1, 0.15) is 0 Å². The summed E-state index contributed by atoms with van der Waals surface area (Å²) in [4.78, 5) is 8.58. The fraction of sp³-hybridized carbons (Fsp3) is 0.417. The molecule has 2 unspecified atom stereocenters. The van der Waals surface area contributed by atoms with Crippen LogP contribution in [0, 0.1) is 0 Å². The number of ether oxygens (including phenoxy) is 1. The highest BCUT2D eigenvalue weighted by Crippen LogP contribution is 2.29. The van der Waals surface area contributed by atoms with E-state index in [1.54, 1.807) is 30.6 Å². The molecule has 0 aliphatic heterocycles. The number of aliphatic hydroxyl groups excluding tert-OH is 1. The van der Waals surface area contributed by atoms with Gasteiger partial charge in [0.15, 0.2) is 5.44 Å². The van der Waals surface area contributed by atoms with Crippen molar-refractivity contribution in [2.45, 2.75) is 67.5 Å². The van der Waals surface area contributed by atoms with Crippen molar-refractivity contribution in [1.29, 1.82) is 0 Å². The first-order chi connectivity index (χ1) is 15.0. The van der Waals surface area contributed by atoms with E-state index in [0.717, 1.165) is 31.2 Å². The molecule has 31 heavy (non-hydrogen) atoms. The van der Waals surface area contributed by atoms with E-state index >= 15 is 0 Å². The second-order valence-electron chi connectivity index (χ2n) is 8.14. The van der Waals surface area contributed by atoms with Gasteiger partial charge in [0.05, 0.1) is 28.1 Å². The highest BCUT2D eigenvalue weighted by Gasteiger charge is 2.34. The molecular formula is C24H28N2O4S. The molecule has 1 N–H and O–H groups in total. The molecule has 0 saturated heterocycles. The SMILES string of the molecule is O=S(=O)(c1ccc2nccnc2c1)C(CC(O)CCc1ccccc1)OC1CCCC1. The van der Waals surface area contributed by atoms with Gasteiger partial charge in [0.2, 0.25) is 9.84 Å². The lowest BCUT2D eigenvalue weighted by atomic mass is 10.1. The summed E-state index contributed by atoms with van der Waals surface area (Å²) >= 11 is 0. The predicted molar refractivity (Wildman–Crippen MR) is 119 cm³/mol. The molecule has 0 spiro atoms. The normalized spacial score (nSPS) is 17.1. The Kier molecular flexibility index (Phi) is 6.95. The van der Waals surface area contributed by atoms with Gasteiger partial charge in [-0.2, -0.15) is 0 Å². The molecule has 7 heteroatoms. The lowest BCUT2D eigenvalue weighted by molar-refractivity contribution is 0.00647. The maximum Gasteiger partial charge on any atom is 0.205 e. The van der Waals surface area contributed by atoms with Crippen LogP contribution in [0.3, 0.4) is 0 Å². The minimum atomic E-state index is -3.81. The summed E-state index contributed by atoms with van der Waals surface area (Å²) in [6, 6.07) is 14.6. The van der Waals surface area contributed by atoms with E-state index in [-0.39, 0.29) is 17.4 Å². The summed E-state index contributed by atoms with van der Waals surface area (Å²) < 4.78 is 33.1. The Morgan fingerprint density at radius 3 is 2.45 bits per heavy atom. The van der Waals surface area contributed by atoms with Crippen LogP contribution in [-0.4, -0.2) is 41.1 Å². The summed E-state index contributed by atoms with van der Waals surface area (Å²) in [7, 11) is -3.81. The largest absolute Gasteiger partial charge is 0.393 e. The summed E-state index contributed by atoms with van der Waals surface area (Å²) in [5, 5.41) is 10.7. The fourth-order valence-electron chi connectivity index (χ4n) is 4.08. The highest BCUT2D eigenvalue weighted by molar-refractivity contribution is 7.92. The molecule has 1 fully saturated rings. The molecule has 1 aliphatic rings. The number of aromatic nitrogens is 2. The van der Waals surface area contributed by atoms with Crippen LogP contribution in [0.4, 0.5) is 0 Å². The number of hydrogen-bond donors (Lipinski definition) is 1. The molecule has 4 rings (SSSR count). The van der Waals surface area contributed by atoms with Crippen LogP contribution >= 0.6 is 0 Å². The Hall–Kier alpha value is -2.35. The molecule has 6 nitrogen and oxygen atoms in total. The Morgan fingerprint density at radius 2 is 1.71 bits per heavy atom. The van der Waals surface area contributed by atoms with Crippen LogP contribution in [0.25, 0.3) is 11.0 Å². The van der Waals surface area contributed by atoms with Crippen LogP contribution in [-0.2, 0) is 21.0 Å². The minimum absolute atomic E-state index is 0.0458. The molecule has 2 atom stereocenters. The third kappa shape index (κ3) is 5.47. The minimum Gasteiger partial charge on any atom is -0.393 e. The number of aryl methyl sites for hydroxylation is 1. The highest BCUT2D eigenvalue weighted by atomic mass is 32.2. The number of hydrogen-bond acceptors (Lipinski definition) is 6. The van der Waals surface area contributed by atoms with Crippen molar-refractivity contribution in [3.05, 3.63) is 66.5 Å². The molecule has 1 aromatic heterocycles. The molecule has 0 radical (unpaired) electrons. The molecule has 164 valence electrons. The first-order valence-electron chi connectivity index (χ1n) is 10.8. The lowest BCUT2D eigenvalue weighted by Crippen LogP contribution is -2.32. The number of fused-ring (bicyclic) bond motifs is 1. The maximum atomic E-state index is 13.5. The Morgan fingerprint density at radius 1 is 1.00 bits per heavy atom. The van der Waals surface area contributed by atoms with E-state index in [1.807, 2.05) is 30.3 Å². The molecule has 3 aromatic rings. The van der Waals surface area contributed by atoms with Crippen molar-refractivity contribution in [3.63, 3.8) is 0 Å². The van der Waals surface area contributed by atoms with E-state index in [0.29, 0.717) is 23.9 Å². The second-order valence-corrected chi connectivity index (χ2v) is 10.2. The van der Waals surface area contributed by atoms with E-state index in [4.69, 9.17) is 4.74 Å². The van der Waals surface area contributed by atoms with Gasteiger partial charge in [-0.3, -0.25) is 9.97 Å². The monoisotopic (exact) mass is 440 g/mol. The van der Waals surface area contributed by atoms with Crippen molar-refractivity contribution in [1.82, 2.24) is 9.97 Å². The van der Waals surface area contributed by atoms with Crippen molar-refractivity contribution in [3.8, 4) is 0 Å². The van der Waals surface area contributed by atoms with Gasteiger partial charge < -0.3 is 9.84 Å². The van der Waals surface area contributed by atoms with Crippen molar-refractivity contribution >= 4 is 20.9 Å². The van der Waals surface area contributed by atoms with Crippen LogP contribution in [0.15, 0.2) is 65.8 Å². The summed E-state index contributed by atoms with van der Waals surface area (Å²) in [5.74, 6) is 0. The fourth-order valence-corrected chi connectivity index (χ4v) is 5.70. The second kappa shape index (κ2) is 9.85. The van der Waals surface area contributed by atoms with Crippen molar-refractivity contribution in [2.24, 2.45) is 0 Å². The van der Waals surface area contributed by atoms with E-state index in [2.05, 4.69) is 9.97 Å². The van der Waals surface area contributed by atoms with Crippen molar-refractivity contribution < 1.29 is 18.3 Å². The summed E-state index contributed by atoms with van der Waals surface area (Å²) in [6.45, 7) is 0. The Balaban J connectivity index is 1.53. The topological polar surface area (TPSA) is 89.4 Å². The Labute approximate surface area is 183 Å². The molecule has 0 amide bonds. The third-order valence-electron chi connectivity index (χ3n) is 5.84. The summed E-state index contributed by atoms with van der Waals surface area (Å²) in [5.41, 5.74) is 1.19. The quantitative estimate of drug-likeness (QED) is 0.539. The molecule has 1 saturated carbocycles. The van der Waals surface area contributed by atoms with Gasteiger partial charge in [0, 0.05) is 18.8 Å². The Bertz CT molecular complexity index is 1100. The zero-order valence-electron chi connectivity index (χ0n) is 17.4. The molecular weight excluding hydrogens is 412 g/mol. The number of rotatable bonds is 9. The molecule has 0 bridgehead atoms. The maximum absolute atomic E-state index is 13.5. The zero-order chi connectivity index (χ0) is 21.7. The number of nitrogens with zero attached hydrogens (tertiary/aromatic N) is 2. The number of benzene rings is 2. The van der Waals surface area contributed by atoms with E-state index in [1.165, 1.54) is 0 Å². The predicted octanol–water partition coefficient (Wildman–Crippen LogP) is 4.07. The number of aliphatic hydroxyl groups is 1. The average molecular weight is 441 g/mol. The summed E-state index contributed by atoms with van der Waals surface area (Å²) in [6.07, 6.45) is 7.26. The van der Waals surface area contributed by atoms with E-state index in [9.17, 15) is 13.5 Å². The zero-order valence-corrected chi connectivity index (χ0v) is 18.2. The van der Waals surface area contributed by atoms with Gasteiger partial charge in [-0.25, -0.2) is 8.42 Å². The van der Waals surface area contributed by atoms with Crippen LogP contribution < -0.4 is 0 Å². The smallest absolute Gasteiger partial charge is 0.205 e. The third-order valence-corrected chi connectivity index (χ3v) is 7.74. The van der Waals surface area contributed by atoms with Gasteiger partial charge >= 0.3 is 0 Å². The van der Waals surface area contributed by atoms with Gasteiger partial charge in [-0.15, -0.1) is 0 Å². The first-order valence-corrected chi connectivity index (χ1v) is 12.4.